The number of carbonyl (C=O) groups excluding carboxylic acids is 1. The van der Waals surface area contributed by atoms with E-state index in [1.54, 1.807) is 12.1 Å². The molecule has 0 aliphatic heterocycles. The smallest absolute Gasteiger partial charge is 0.228 e. The van der Waals surface area contributed by atoms with Crippen LogP contribution in [0, 0.1) is 12.3 Å². The molecule has 0 aliphatic carbocycles. The molecule has 0 bridgehead atoms. The van der Waals surface area contributed by atoms with Crippen molar-refractivity contribution >= 4 is 16.7 Å². The molecule has 3 heteroatoms. The lowest BCUT2D eigenvalue weighted by atomic mass is 9.97. The van der Waals surface area contributed by atoms with E-state index >= 15 is 0 Å². The lowest BCUT2D eigenvalue weighted by Crippen LogP contribution is -2.28. The largest absolute Gasteiger partial charge is 0.508 e. The summed E-state index contributed by atoms with van der Waals surface area (Å²) in [5, 5.41) is 14.0. The van der Waals surface area contributed by atoms with Crippen molar-refractivity contribution in [3.8, 4) is 18.1 Å². The number of hydrogen-bond acceptors (Lipinski definition) is 2. The fraction of sp³-hybridized carbons (Fsp3) is 0.188. The van der Waals surface area contributed by atoms with Gasteiger partial charge in [0.25, 0.3) is 0 Å². The molecule has 0 unspecified atom stereocenters. The van der Waals surface area contributed by atoms with E-state index in [2.05, 4.69) is 11.2 Å². The van der Waals surface area contributed by atoms with Crippen LogP contribution < -0.4 is 5.32 Å². The summed E-state index contributed by atoms with van der Waals surface area (Å²) in [5.41, 5.74) is 0.924. The molecule has 1 amide bonds. The Morgan fingerprint density at radius 3 is 2.74 bits per heavy atom. The number of phenols is 1. The highest BCUT2D eigenvalue weighted by molar-refractivity contribution is 5.88. The monoisotopic (exact) mass is 253 g/mol. The Labute approximate surface area is 112 Å². The predicted octanol–water partition coefficient (Wildman–Crippen LogP) is 2.40. The van der Waals surface area contributed by atoms with Gasteiger partial charge in [-0.2, -0.15) is 0 Å². The first-order valence-corrected chi connectivity index (χ1v) is 6.05. The zero-order chi connectivity index (χ0) is 13.8. The quantitative estimate of drug-likeness (QED) is 0.825. The van der Waals surface area contributed by atoms with Crippen LogP contribution in [0.2, 0.25) is 0 Å². The summed E-state index contributed by atoms with van der Waals surface area (Å²) in [5.74, 6) is 2.27. The topological polar surface area (TPSA) is 49.3 Å². The summed E-state index contributed by atoms with van der Waals surface area (Å²) < 4.78 is 0. The van der Waals surface area contributed by atoms with E-state index in [0.29, 0.717) is 0 Å². The average molecular weight is 253 g/mol. The van der Waals surface area contributed by atoms with E-state index < -0.39 is 0 Å². The van der Waals surface area contributed by atoms with Crippen molar-refractivity contribution < 1.29 is 9.90 Å². The van der Waals surface area contributed by atoms with Crippen LogP contribution in [0.25, 0.3) is 10.8 Å². The second kappa shape index (κ2) is 5.45. The normalized spacial score (nSPS) is 11.8. The molecule has 0 aromatic heterocycles. The number of terminal acetylenes is 1. The van der Waals surface area contributed by atoms with Gasteiger partial charge in [-0.3, -0.25) is 4.79 Å². The van der Waals surface area contributed by atoms with Crippen molar-refractivity contribution in [3.63, 3.8) is 0 Å². The minimum atomic E-state index is -0.258. The predicted molar refractivity (Wildman–Crippen MR) is 75.9 cm³/mol. The molecule has 2 N–H and O–H groups in total. The van der Waals surface area contributed by atoms with Crippen molar-refractivity contribution in [1.82, 2.24) is 5.32 Å². The molecule has 96 valence electrons. The summed E-state index contributed by atoms with van der Waals surface area (Å²) >= 11 is 0. The highest BCUT2D eigenvalue weighted by Gasteiger charge is 2.14. The van der Waals surface area contributed by atoms with Gasteiger partial charge in [0.05, 0.1) is 12.5 Å². The fourth-order valence-electron chi connectivity index (χ4n) is 1.96. The van der Waals surface area contributed by atoms with Crippen molar-refractivity contribution in [2.75, 3.05) is 6.54 Å². The summed E-state index contributed by atoms with van der Waals surface area (Å²) in [6, 6.07) is 10.9. The summed E-state index contributed by atoms with van der Waals surface area (Å²) in [6.45, 7) is 2.08. The zero-order valence-electron chi connectivity index (χ0n) is 10.7. The molecule has 0 radical (unpaired) electrons. The van der Waals surface area contributed by atoms with Gasteiger partial charge in [0.2, 0.25) is 5.91 Å². The number of benzene rings is 2. The molecule has 3 nitrogen and oxygen atoms in total. The maximum atomic E-state index is 11.8. The number of carbonyl (C=O) groups is 1. The van der Waals surface area contributed by atoms with Crippen LogP contribution in [0.4, 0.5) is 0 Å². The van der Waals surface area contributed by atoms with E-state index in [4.69, 9.17) is 6.42 Å². The van der Waals surface area contributed by atoms with Gasteiger partial charge < -0.3 is 10.4 Å². The Bertz CT molecular complexity index is 655. The number of aromatic hydroxyl groups is 1. The van der Waals surface area contributed by atoms with Crippen LogP contribution in [0.1, 0.15) is 18.4 Å². The zero-order valence-corrected chi connectivity index (χ0v) is 10.7. The van der Waals surface area contributed by atoms with Gasteiger partial charge in [0.1, 0.15) is 5.75 Å². The summed E-state index contributed by atoms with van der Waals surface area (Å²) in [6.07, 6.45) is 5.12. The standard InChI is InChI=1S/C16H15NO2/c1-3-8-17-16(19)11(2)12-4-5-14-10-15(18)7-6-13(14)9-12/h1,4-7,9-11,18H,8H2,2H3,(H,17,19)/t11-/m0/s1. The van der Waals surface area contributed by atoms with E-state index in [9.17, 15) is 9.90 Å². The van der Waals surface area contributed by atoms with Gasteiger partial charge in [-0.15, -0.1) is 6.42 Å². The first-order valence-electron chi connectivity index (χ1n) is 6.05. The molecular formula is C16H15NO2. The second-order valence-electron chi connectivity index (χ2n) is 4.43. The van der Waals surface area contributed by atoms with Gasteiger partial charge in [-0.05, 0) is 35.4 Å². The molecule has 2 aromatic rings. The number of phenolic OH excluding ortho intramolecular Hbond substituents is 1. The first-order chi connectivity index (χ1) is 9.11. The Kier molecular flexibility index (Phi) is 3.72. The van der Waals surface area contributed by atoms with E-state index in [1.165, 1.54) is 0 Å². The third kappa shape index (κ3) is 2.86. The molecule has 2 aromatic carbocycles. The third-order valence-corrected chi connectivity index (χ3v) is 3.11. The highest BCUT2D eigenvalue weighted by atomic mass is 16.3. The lowest BCUT2D eigenvalue weighted by Gasteiger charge is -2.12. The van der Waals surface area contributed by atoms with Crippen LogP contribution in [0.5, 0.6) is 5.75 Å². The number of hydrogen-bond donors (Lipinski definition) is 2. The van der Waals surface area contributed by atoms with E-state index in [1.807, 2.05) is 31.2 Å². The van der Waals surface area contributed by atoms with Gasteiger partial charge in [-0.1, -0.05) is 30.2 Å². The maximum Gasteiger partial charge on any atom is 0.228 e. The molecule has 19 heavy (non-hydrogen) atoms. The van der Waals surface area contributed by atoms with Crippen LogP contribution in [0.15, 0.2) is 36.4 Å². The molecule has 0 saturated heterocycles. The molecule has 1 atom stereocenters. The molecule has 2 rings (SSSR count). The number of fused-ring (bicyclic) bond motifs is 1. The Balaban J connectivity index is 2.28. The fourth-order valence-corrected chi connectivity index (χ4v) is 1.96. The van der Waals surface area contributed by atoms with Crippen molar-refractivity contribution in [3.05, 3.63) is 42.0 Å². The Morgan fingerprint density at radius 2 is 2.00 bits per heavy atom. The molecule has 0 fully saturated rings. The van der Waals surface area contributed by atoms with Crippen molar-refractivity contribution in [2.24, 2.45) is 0 Å². The summed E-state index contributed by atoms with van der Waals surface area (Å²) in [7, 11) is 0. The average Bonchev–Trinajstić information content (AvgIpc) is 2.43. The van der Waals surface area contributed by atoms with Crippen molar-refractivity contribution in [2.45, 2.75) is 12.8 Å². The second-order valence-corrected chi connectivity index (χ2v) is 4.43. The molecule has 0 saturated carbocycles. The number of nitrogens with one attached hydrogen (secondary N) is 1. The molecule has 0 aliphatic rings. The van der Waals surface area contributed by atoms with Crippen LogP contribution in [0.3, 0.4) is 0 Å². The van der Waals surface area contributed by atoms with Crippen molar-refractivity contribution in [1.29, 1.82) is 0 Å². The van der Waals surface area contributed by atoms with E-state index in [-0.39, 0.29) is 24.1 Å². The van der Waals surface area contributed by atoms with Gasteiger partial charge in [0, 0.05) is 0 Å². The number of rotatable bonds is 3. The lowest BCUT2D eigenvalue weighted by molar-refractivity contribution is -0.121. The molecule has 0 heterocycles. The maximum absolute atomic E-state index is 11.8. The highest BCUT2D eigenvalue weighted by Crippen LogP contribution is 2.24. The molecular weight excluding hydrogens is 238 g/mol. The first kappa shape index (κ1) is 13.0. The molecule has 0 spiro atoms. The van der Waals surface area contributed by atoms with Gasteiger partial charge >= 0.3 is 0 Å². The van der Waals surface area contributed by atoms with Crippen LogP contribution >= 0.6 is 0 Å². The SMILES string of the molecule is C#CCNC(=O)[C@@H](C)c1ccc2cc(O)ccc2c1. The summed E-state index contributed by atoms with van der Waals surface area (Å²) in [4.78, 5) is 11.8. The Morgan fingerprint density at radius 1 is 1.32 bits per heavy atom. The van der Waals surface area contributed by atoms with Crippen LogP contribution in [-0.2, 0) is 4.79 Å². The van der Waals surface area contributed by atoms with Crippen LogP contribution in [-0.4, -0.2) is 17.6 Å². The minimum absolute atomic E-state index is 0.0870. The number of amides is 1. The van der Waals surface area contributed by atoms with Gasteiger partial charge in [-0.25, -0.2) is 0 Å². The van der Waals surface area contributed by atoms with E-state index in [0.717, 1.165) is 16.3 Å². The van der Waals surface area contributed by atoms with Gasteiger partial charge in [0.15, 0.2) is 0 Å². The Hall–Kier alpha value is -2.47. The third-order valence-electron chi connectivity index (χ3n) is 3.11. The minimum Gasteiger partial charge on any atom is -0.508 e.